The molecule has 0 atom stereocenters. The van der Waals surface area contributed by atoms with Crippen LogP contribution in [0.5, 0.6) is 0 Å². The number of carbonyl (C=O) groups is 1. The number of rotatable bonds is 8. The number of nitrogens with zero attached hydrogens (tertiary/aromatic N) is 2. The lowest BCUT2D eigenvalue weighted by atomic mass is 10.2. The van der Waals surface area contributed by atoms with E-state index in [-0.39, 0.29) is 27.6 Å². The smallest absolute Gasteiger partial charge is 0.243 e. The van der Waals surface area contributed by atoms with Gasteiger partial charge in [-0.1, -0.05) is 47.5 Å². The van der Waals surface area contributed by atoms with Crippen molar-refractivity contribution in [2.75, 3.05) is 13.6 Å². The number of hydrogen-bond acceptors (Lipinski definition) is 3. The quantitative estimate of drug-likeness (QED) is 0.420. The Bertz CT molecular complexity index is 1230. The zero-order chi connectivity index (χ0) is 24.2. The van der Waals surface area contributed by atoms with Crippen molar-refractivity contribution in [3.63, 3.8) is 0 Å². The molecule has 0 unspecified atom stereocenters. The predicted molar refractivity (Wildman–Crippen MR) is 123 cm³/mol. The number of carbonyl (C=O) groups excluding carboxylic acids is 1. The summed E-state index contributed by atoms with van der Waals surface area (Å²) in [6.45, 7) is -1.16. The fourth-order valence-electron chi connectivity index (χ4n) is 3.08. The molecule has 0 heterocycles. The maximum absolute atomic E-state index is 14.4. The molecule has 3 aromatic rings. The third kappa shape index (κ3) is 6.09. The Kier molecular flexibility index (Phi) is 8.07. The van der Waals surface area contributed by atoms with E-state index < -0.39 is 40.7 Å². The van der Waals surface area contributed by atoms with E-state index in [9.17, 15) is 22.0 Å². The summed E-state index contributed by atoms with van der Waals surface area (Å²) in [5.74, 6) is -1.80. The molecule has 0 saturated heterocycles. The fraction of sp³-hybridized carbons (Fsp3) is 0.174. The molecule has 0 bridgehead atoms. The Morgan fingerprint density at radius 2 is 1.52 bits per heavy atom. The number of amides is 1. The first-order valence-corrected chi connectivity index (χ1v) is 11.9. The van der Waals surface area contributed by atoms with Gasteiger partial charge >= 0.3 is 0 Å². The van der Waals surface area contributed by atoms with Crippen molar-refractivity contribution in [2.24, 2.45) is 0 Å². The second kappa shape index (κ2) is 10.6. The highest BCUT2D eigenvalue weighted by Crippen LogP contribution is 2.25. The second-order valence-corrected chi connectivity index (χ2v) is 10.1. The van der Waals surface area contributed by atoms with Crippen molar-refractivity contribution < 1.29 is 22.0 Å². The maximum Gasteiger partial charge on any atom is 0.243 e. The predicted octanol–water partition coefficient (Wildman–Crippen LogP) is 5.12. The Balaban J connectivity index is 1.91. The van der Waals surface area contributed by atoms with Crippen LogP contribution in [0.3, 0.4) is 0 Å². The SMILES string of the molecule is CN(Cc1ccccc1F)C(=O)CN(Cc1c(F)cccc1Cl)S(=O)(=O)c1ccc(Cl)cc1. The lowest BCUT2D eigenvalue weighted by Crippen LogP contribution is -2.41. The Labute approximate surface area is 201 Å². The molecule has 0 fully saturated rings. The van der Waals surface area contributed by atoms with Gasteiger partial charge < -0.3 is 4.90 Å². The highest BCUT2D eigenvalue weighted by molar-refractivity contribution is 7.89. The normalized spacial score (nSPS) is 11.6. The Hall–Kier alpha value is -2.52. The Morgan fingerprint density at radius 1 is 0.879 bits per heavy atom. The summed E-state index contributed by atoms with van der Waals surface area (Å²) >= 11 is 12.0. The Morgan fingerprint density at radius 3 is 2.15 bits per heavy atom. The summed E-state index contributed by atoms with van der Waals surface area (Å²) < 4.78 is 55.9. The van der Waals surface area contributed by atoms with Crippen LogP contribution in [0.1, 0.15) is 11.1 Å². The van der Waals surface area contributed by atoms with Crippen molar-refractivity contribution in [3.05, 3.63) is 99.5 Å². The topological polar surface area (TPSA) is 57.7 Å². The molecule has 0 aliphatic rings. The summed E-state index contributed by atoms with van der Waals surface area (Å²) in [4.78, 5) is 14.0. The molecule has 3 rings (SSSR count). The molecule has 174 valence electrons. The van der Waals surface area contributed by atoms with Gasteiger partial charge in [0.1, 0.15) is 11.6 Å². The van der Waals surface area contributed by atoms with Crippen LogP contribution in [0.4, 0.5) is 8.78 Å². The fourth-order valence-corrected chi connectivity index (χ4v) is 4.79. The molecular weight excluding hydrogens is 493 g/mol. The van der Waals surface area contributed by atoms with Gasteiger partial charge in [-0.3, -0.25) is 4.79 Å². The van der Waals surface area contributed by atoms with Gasteiger partial charge in [-0.15, -0.1) is 0 Å². The number of sulfonamides is 1. The molecule has 0 aliphatic heterocycles. The van der Waals surface area contributed by atoms with Crippen LogP contribution in [0.25, 0.3) is 0 Å². The van der Waals surface area contributed by atoms with Crippen LogP contribution in [0, 0.1) is 11.6 Å². The minimum atomic E-state index is -4.23. The number of halogens is 4. The number of benzene rings is 3. The van der Waals surface area contributed by atoms with Crippen molar-refractivity contribution in [2.45, 2.75) is 18.0 Å². The third-order valence-corrected chi connectivity index (χ3v) is 7.36. The van der Waals surface area contributed by atoms with E-state index >= 15 is 0 Å². The first-order chi connectivity index (χ1) is 15.6. The lowest BCUT2D eigenvalue weighted by Gasteiger charge is -2.25. The number of hydrogen-bond donors (Lipinski definition) is 0. The van der Waals surface area contributed by atoms with Crippen molar-refractivity contribution in [1.29, 1.82) is 0 Å². The number of likely N-dealkylation sites (N-methyl/N-ethyl adjacent to an activating group) is 1. The maximum atomic E-state index is 14.4. The van der Waals surface area contributed by atoms with E-state index in [2.05, 4.69) is 0 Å². The van der Waals surface area contributed by atoms with Gasteiger partial charge in [0, 0.05) is 41.3 Å². The monoisotopic (exact) mass is 512 g/mol. The summed E-state index contributed by atoms with van der Waals surface area (Å²) in [7, 11) is -2.80. The molecule has 0 N–H and O–H groups in total. The average Bonchev–Trinajstić information content (AvgIpc) is 2.77. The molecule has 0 spiro atoms. The zero-order valence-corrected chi connectivity index (χ0v) is 19.8. The molecule has 0 aromatic heterocycles. The van der Waals surface area contributed by atoms with Gasteiger partial charge in [-0.2, -0.15) is 4.31 Å². The van der Waals surface area contributed by atoms with Gasteiger partial charge in [0.25, 0.3) is 0 Å². The van der Waals surface area contributed by atoms with Crippen LogP contribution >= 0.6 is 23.2 Å². The largest absolute Gasteiger partial charge is 0.340 e. The van der Waals surface area contributed by atoms with Gasteiger partial charge in [0.15, 0.2) is 0 Å². The second-order valence-electron chi connectivity index (χ2n) is 7.27. The summed E-state index contributed by atoms with van der Waals surface area (Å²) in [5, 5.41) is 0.358. The van der Waals surface area contributed by atoms with E-state index in [4.69, 9.17) is 23.2 Å². The van der Waals surface area contributed by atoms with Crippen molar-refractivity contribution >= 4 is 39.1 Å². The van der Waals surface area contributed by atoms with Crippen LogP contribution in [-0.2, 0) is 27.9 Å². The molecule has 3 aromatic carbocycles. The van der Waals surface area contributed by atoms with Gasteiger partial charge in [-0.25, -0.2) is 17.2 Å². The minimum absolute atomic E-state index is 0.0264. The van der Waals surface area contributed by atoms with Gasteiger partial charge in [0.2, 0.25) is 15.9 Å². The molecule has 33 heavy (non-hydrogen) atoms. The van der Waals surface area contributed by atoms with Gasteiger partial charge in [-0.05, 0) is 42.5 Å². The highest BCUT2D eigenvalue weighted by Gasteiger charge is 2.29. The standard InChI is InChI=1S/C23H20Cl2F2N2O3S/c1-28(13-16-5-2-3-7-21(16)26)23(30)15-29(14-19-20(25)6-4-8-22(19)27)33(31,32)18-11-9-17(24)10-12-18/h2-12H,13-15H2,1H3. The van der Waals surface area contributed by atoms with Crippen LogP contribution in [0.15, 0.2) is 71.6 Å². The molecule has 10 heteroatoms. The highest BCUT2D eigenvalue weighted by atomic mass is 35.5. The lowest BCUT2D eigenvalue weighted by molar-refractivity contribution is -0.130. The first kappa shape index (κ1) is 25.1. The van der Waals surface area contributed by atoms with E-state index in [0.29, 0.717) is 5.02 Å². The van der Waals surface area contributed by atoms with Crippen LogP contribution in [0.2, 0.25) is 10.0 Å². The van der Waals surface area contributed by atoms with Crippen LogP contribution in [-0.4, -0.2) is 37.1 Å². The van der Waals surface area contributed by atoms with Crippen molar-refractivity contribution in [1.82, 2.24) is 9.21 Å². The molecule has 5 nitrogen and oxygen atoms in total. The van der Waals surface area contributed by atoms with Crippen molar-refractivity contribution in [3.8, 4) is 0 Å². The molecule has 0 saturated carbocycles. The summed E-state index contributed by atoms with van der Waals surface area (Å²) in [6, 6.07) is 15.3. The van der Waals surface area contributed by atoms with E-state index in [1.807, 2.05) is 0 Å². The average molecular weight is 513 g/mol. The third-order valence-electron chi connectivity index (χ3n) is 4.95. The van der Waals surface area contributed by atoms with E-state index in [1.54, 1.807) is 6.07 Å². The summed E-state index contributed by atoms with van der Waals surface area (Å²) in [5.41, 5.74) is 0.207. The van der Waals surface area contributed by atoms with E-state index in [1.165, 1.54) is 66.5 Å². The molecule has 0 aliphatic carbocycles. The first-order valence-electron chi connectivity index (χ1n) is 9.75. The van der Waals surface area contributed by atoms with Crippen LogP contribution < -0.4 is 0 Å². The van der Waals surface area contributed by atoms with Gasteiger partial charge in [0.05, 0.1) is 11.4 Å². The minimum Gasteiger partial charge on any atom is -0.340 e. The van der Waals surface area contributed by atoms with E-state index in [0.717, 1.165) is 10.4 Å². The molecular formula is C23H20Cl2F2N2O3S. The molecule has 0 radical (unpaired) electrons. The molecule has 1 amide bonds. The summed E-state index contributed by atoms with van der Waals surface area (Å²) in [6.07, 6.45) is 0. The zero-order valence-electron chi connectivity index (χ0n) is 17.5.